The standard InChI is InChI=1S/C26H33N3O4S/c30-25(27-13-14-29-15-17-33-18-16-29)26(11-12-26)22-6-8-23(9-7-22)28-34(31,32)24-10-5-20-3-1-2-4-21(20)19-24/h5-10,19,28H,1-4,11-18H2,(H,27,30). The van der Waals surface area contributed by atoms with E-state index in [0.717, 1.165) is 82.5 Å². The fourth-order valence-electron chi connectivity index (χ4n) is 5.04. The zero-order chi connectivity index (χ0) is 23.6. The van der Waals surface area contributed by atoms with E-state index in [4.69, 9.17) is 4.74 Å². The molecule has 182 valence electrons. The van der Waals surface area contributed by atoms with Crippen molar-refractivity contribution < 1.29 is 17.9 Å². The van der Waals surface area contributed by atoms with Crippen LogP contribution < -0.4 is 10.0 Å². The largest absolute Gasteiger partial charge is 0.379 e. The van der Waals surface area contributed by atoms with Gasteiger partial charge in [0.2, 0.25) is 5.91 Å². The van der Waals surface area contributed by atoms with Crippen molar-refractivity contribution in [1.82, 2.24) is 10.2 Å². The van der Waals surface area contributed by atoms with Crippen molar-refractivity contribution in [2.45, 2.75) is 48.8 Å². The predicted octanol–water partition coefficient (Wildman–Crippen LogP) is 2.85. The first-order valence-corrected chi connectivity index (χ1v) is 13.8. The molecule has 3 aliphatic rings. The van der Waals surface area contributed by atoms with Crippen LogP contribution in [-0.4, -0.2) is 58.6 Å². The van der Waals surface area contributed by atoms with Gasteiger partial charge in [0.25, 0.3) is 10.0 Å². The summed E-state index contributed by atoms with van der Waals surface area (Å²) >= 11 is 0. The Morgan fingerprint density at radius 1 is 0.971 bits per heavy atom. The number of rotatable bonds is 8. The third-order valence-corrected chi connectivity index (χ3v) is 8.70. The number of carbonyl (C=O) groups excluding carboxylic acids is 1. The SMILES string of the molecule is O=C(NCCN1CCOCC1)C1(c2ccc(NS(=O)(=O)c3ccc4c(c3)CCCC4)cc2)CC1. The van der Waals surface area contributed by atoms with E-state index < -0.39 is 15.4 Å². The van der Waals surface area contributed by atoms with Crippen molar-refractivity contribution in [1.29, 1.82) is 0 Å². The summed E-state index contributed by atoms with van der Waals surface area (Å²) in [4.78, 5) is 15.5. The number of hydrogen-bond donors (Lipinski definition) is 2. The Balaban J connectivity index is 1.20. The van der Waals surface area contributed by atoms with Crippen molar-refractivity contribution in [3.05, 3.63) is 59.2 Å². The van der Waals surface area contributed by atoms with E-state index >= 15 is 0 Å². The fraction of sp³-hybridized carbons (Fsp3) is 0.500. The summed E-state index contributed by atoms with van der Waals surface area (Å²) in [5.74, 6) is 0.0585. The van der Waals surface area contributed by atoms with Gasteiger partial charge in [-0.3, -0.25) is 14.4 Å². The van der Waals surface area contributed by atoms with E-state index in [1.165, 1.54) is 5.56 Å². The average molecular weight is 484 g/mol. The minimum atomic E-state index is -3.66. The van der Waals surface area contributed by atoms with E-state index in [0.29, 0.717) is 17.1 Å². The van der Waals surface area contributed by atoms with Gasteiger partial charge >= 0.3 is 0 Å². The highest BCUT2D eigenvalue weighted by atomic mass is 32.2. The summed E-state index contributed by atoms with van der Waals surface area (Å²) in [6.07, 6.45) is 5.86. The molecule has 2 aromatic carbocycles. The Morgan fingerprint density at radius 3 is 2.38 bits per heavy atom. The quantitative estimate of drug-likeness (QED) is 0.603. The minimum absolute atomic E-state index is 0.0585. The lowest BCUT2D eigenvalue weighted by molar-refractivity contribution is -0.123. The van der Waals surface area contributed by atoms with Gasteiger partial charge in [0.05, 0.1) is 23.5 Å². The summed E-state index contributed by atoms with van der Waals surface area (Å²) in [6.45, 7) is 4.77. The molecule has 5 rings (SSSR count). The molecule has 0 atom stereocenters. The molecule has 2 aromatic rings. The van der Waals surface area contributed by atoms with Crippen LogP contribution >= 0.6 is 0 Å². The first-order valence-electron chi connectivity index (χ1n) is 12.3. The smallest absolute Gasteiger partial charge is 0.261 e. The Labute approximate surface area is 201 Å². The summed E-state index contributed by atoms with van der Waals surface area (Å²) in [6, 6.07) is 12.7. The van der Waals surface area contributed by atoms with Crippen LogP contribution in [0.4, 0.5) is 5.69 Å². The molecule has 1 amide bonds. The number of fused-ring (bicyclic) bond motifs is 1. The lowest BCUT2D eigenvalue weighted by Gasteiger charge is -2.27. The highest BCUT2D eigenvalue weighted by Crippen LogP contribution is 2.48. The van der Waals surface area contributed by atoms with Crippen molar-refractivity contribution in [2.75, 3.05) is 44.1 Å². The summed E-state index contributed by atoms with van der Waals surface area (Å²) in [5.41, 5.74) is 3.35. The molecule has 1 aliphatic heterocycles. The summed E-state index contributed by atoms with van der Waals surface area (Å²) in [5, 5.41) is 3.10. The van der Waals surface area contributed by atoms with Gasteiger partial charge in [-0.1, -0.05) is 18.2 Å². The molecule has 0 spiro atoms. The number of amides is 1. The number of anilines is 1. The number of nitrogens with zero attached hydrogens (tertiary/aromatic N) is 1. The van der Waals surface area contributed by atoms with Gasteiger partial charge < -0.3 is 10.1 Å². The second-order valence-corrected chi connectivity index (χ2v) is 11.3. The predicted molar refractivity (Wildman–Crippen MR) is 132 cm³/mol. The van der Waals surface area contributed by atoms with E-state index in [2.05, 4.69) is 14.9 Å². The normalized spacial score (nSPS) is 19.8. The molecular formula is C26H33N3O4S. The van der Waals surface area contributed by atoms with E-state index in [1.807, 2.05) is 24.3 Å². The number of benzene rings is 2. The van der Waals surface area contributed by atoms with Crippen molar-refractivity contribution in [3.63, 3.8) is 0 Å². The number of nitrogens with one attached hydrogen (secondary N) is 2. The fourth-order valence-corrected chi connectivity index (χ4v) is 6.15. The second-order valence-electron chi connectivity index (χ2n) is 9.61. The van der Waals surface area contributed by atoms with Crippen molar-refractivity contribution >= 4 is 21.6 Å². The van der Waals surface area contributed by atoms with Gasteiger partial charge in [0.1, 0.15) is 0 Å². The van der Waals surface area contributed by atoms with Gasteiger partial charge in [-0.25, -0.2) is 8.42 Å². The first kappa shape index (κ1) is 23.3. The number of aryl methyl sites for hydroxylation is 2. The van der Waals surface area contributed by atoms with Gasteiger partial charge in [-0.15, -0.1) is 0 Å². The first-order chi connectivity index (χ1) is 16.5. The number of ether oxygens (including phenoxy) is 1. The zero-order valence-corrected chi connectivity index (χ0v) is 20.3. The van der Waals surface area contributed by atoms with Crippen LogP contribution in [0.3, 0.4) is 0 Å². The molecule has 0 unspecified atom stereocenters. The number of carbonyl (C=O) groups is 1. The van der Waals surface area contributed by atoms with Crippen LogP contribution in [0.15, 0.2) is 47.4 Å². The van der Waals surface area contributed by atoms with Crippen LogP contribution in [0.25, 0.3) is 0 Å². The lowest BCUT2D eigenvalue weighted by atomic mass is 9.92. The van der Waals surface area contributed by atoms with Crippen LogP contribution in [-0.2, 0) is 37.8 Å². The van der Waals surface area contributed by atoms with Gasteiger partial charge in [0.15, 0.2) is 0 Å². The van der Waals surface area contributed by atoms with Gasteiger partial charge in [-0.2, -0.15) is 0 Å². The molecule has 0 radical (unpaired) electrons. The number of hydrogen-bond acceptors (Lipinski definition) is 5. The maximum Gasteiger partial charge on any atom is 0.261 e. The average Bonchev–Trinajstić information content (AvgIpc) is 3.67. The molecule has 2 N–H and O–H groups in total. The number of sulfonamides is 1. The molecular weight excluding hydrogens is 450 g/mol. The Morgan fingerprint density at radius 2 is 1.68 bits per heavy atom. The molecule has 2 fully saturated rings. The second kappa shape index (κ2) is 9.68. The monoisotopic (exact) mass is 483 g/mol. The molecule has 1 heterocycles. The third kappa shape index (κ3) is 4.99. The molecule has 34 heavy (non-hydrogen) atoms. The highest BCUT2D eigenvalue weighted by molar-refractivity contribution is 7.92. The molecule has 1 saturated carbocycles. The van der Waals surface area contributed by atoms with Crippen molar-refractivity contribution in [2.24, 2.45) is 0 Å². The third-order valence-electron chi connectivity index (χ3n) is 7.32. The Hall–Kier alpha value is -2.42. The minimum Gasteiger partial charge on any atom is -0.379 e. The molecule has 0 aromatic heterocycles. The number of morpholine rings is 1. The summed E-state index contributed by atoms with van der Waals surface area (Å²) in [7, 11) is -3.66. The van der Waals surface area contributed by atoms with Crippen LogP contribution in [0.1, 0.15) is 42.4 Å². The van der Waals surface area contributed by atoms with E-state index in [9.17, 15) is 13.2 Å². The molecule has 7 nitrogen and oxygen atoms in total. The highest BCUT2D eigenvalue weighted by Gasteiger charge is 2.51. The maximum atomic E-state index is 13.0. The van der Waals surface area contributed by atoms with Crippen LogP contribution in [0.2, 0.25) is 0 Å². The topological polar surface area (TPSA) is 87.7 Å². The van der Waals surface area contributed by atoms with E-state index in [1.54, 1.807) is 18.2 Å². The molecule has 0 bridgehead atoms. The van der Waals surface area contributed by atoms with Gasteiger partial charge in [0, 0.05) is 31.9 Å². The molecule has 8 heteroatoms. The Kier molecular flexibility index (Phi) is 6.64. The maximum absolute atomic E-state index is 13.0. The van der Waals surface area contributed by atoms with Crippen LogP contribution in [0, 0.1) is 0 Å². The lowest BCUT2D eigenvalue weighted by Crippen LogP contribution is -2.43. The zero-order valence-electron chi connectivity index (χ0n) is 19.5. The van der Waals surface area contributed by atoms with E-state index in [-0.39, 0.29) is 5.91 Å². The van der Waals surface area contributed by atoms with Crippen LogP contribution in [0.5, 0.6) is 0 Å². The molecule has 1 saturated heterocycles. The Bertz CT molecular complexity index is 1140. The van der Waals surface area contributed by atoms with Crippen molar-refractivity contribution in [3.8, 4) is 0 Å². The molecule has 2 aliphatic carbocycles. The summed E-state index contributed by atoms with van der Waals surface area (Å²) < 4.78 is 34.0. The van der Waals surface area contributed by atoms with Gasteiger partial charge in [-0.05, 0) is 79.5 Å².